The molecule has 0 aromatic heterocycles. The van der Waals surface area contributed by atoms with Gasteiger partial charge in [0.25, 0.3) is 0 Å². The van der Waals surface area contributed by atoms with E-state index in [4.69, 9.17) is 24.5 Å². The van der Waals surface area contributed by atoms with Crippen molar-refractivity contribution in [1.29, 1.82) is 0 Å². The second-order valence-corrected chi connectivity index (χ2v) is 5.74. The van der Waals surface area contributed by atoms with E-state index in [1.165, 1.54) is 18.4 Å². The van der Waals surface area contributed by atoms with Gasteiger partial charge in [-0.1, -0.05) is 29.3 Å². The maximum atomic E-state index is 9.10. The Morgan fingerprint density at radius 3 is 2.30 bits per heavy atom. The summed E-state index contributed by atoms with van der Waals surface area (Å²) in [6, 6.07) is 6.11. The molecule has 0 aliphatic carbocycles. The molecular formula is C16H24BrNO5. The minimum Gasteiger partial charge on any atom is -0.493 e. The number of hydrogen-bond acceptors (Lipinski definition) is 4. The van der Waals surface area contributed by atoms with Gasteiger partial charge >= 0.3 is 11.9 Å². The zero-order valence-corrected chi connectivity index (χ0v) is 15.1. The van der Waals surface area contributed by atoms with Gasteiger partial charge < -0.3 is 20.3 Å². The van der Waals surface area contributed by atoms with Crippen LogP contribution in [0.2, 0.25) is 0 Å². The van der Waals surface area contributed by atoms with Crippen molar-refractivity contribution in [3.63, 3.8) is 0 Å². The Labute approximate surface area is 145 Å². The molecule has 7 heteroatoms. The third-order valence-corrected chi connectivity index (χ3v) is 3.28. The third-order valence-electron chi connectivity index (χ3n) is 2.78. The second kappa shape index (κ2) is 12.9. The number of ether oxygens (including phenoxy) is 1. The number of carbonyl (C=O) groups is 2. The maximum Gasteiger partial charge on any atom is 0.414 e. The van der Waals surface area contributed by atoms with Crippen LogP contribution in [0.15, 0.2) is 22.7 Å². The fourth-order valence-corrected chi connectivity index (χ4v) is 2.06. The van der Waals surface area contributed by atoms with E-state index >= 15 is 0 Å². The number of aliphatic carboxylic acids is 2. The van der Waals surface area contributed by atoms with Crippen LogP contribution in [0.25, 0.3) is 0 Å². The highest BCUT2D eigenvalue weighted by molar-refractivity contribution is 9.10. The van der Waals surface area contributed by atoms with Gasteiger partial charge in [0.2, 0.25) is 0 Å². The number of aryl methyl sites for hydroxylation is 1. The van der Waals surface area contributed by atoms with Crippen molar-refractivity contribution in [2.24, 2.45) is 0 Å². The number of hydrogen-bond donors (Lipinski definition) is 3. The first-order valence-electron chi connectivity index (χ1n) is 7.44. The van der Waals surface area contributed by atoms with E-state index in [9.17, 15) is 0 Å². The lowest BCUT2D eigenvalue weighted by Gasteiger charge is -2.09. The summed E-state index contributed by atoms with van der Waals surface area (Å²) in [5, 5.41) is 18.2. The van der Waals surface area contributed by atoms with Crippen LogP contribution in [0, 0.1) is 6.92 Å². The molecule has 0 aliphatic heterocycles. The molecular weight excluding hydrogens is 366 g/mol. The van der Waals surface area contributed by atoms with Gasteiger partial charge in [-0.25, -0.2) is 9.59 Å². The van der Waals surface area contributed by atoms with Gasteiger partial charge in [0.05, 0.1) is 6.61 Å². The smallest absolute Gasteiger partial charge is 0.414 e. The SMILES string of the molecule is CCCCNCCCOc1ccc(Br)cc1C.O=C(O)C(=O)O. The number of unbranched alkanes of at least 4 members (excludes halogenated alkanes) is 1. The molecule has 0 amide bonds. The van der Waals surface area contributed by atoms with Gasteiger partial charge in [-0.05, 0) is 56.6 Å². The van der Waals surface area contributed by atoms with Gasteiger partial charge in [0.15, 0.2) is 0 Å². The summed E-state index contributed by atoms with van der Waals surface area (Å²) >= 11 is 3.45. The molecule has 3 N–H and O–H groups in total. The zero-order valence-electron chi connectivity index (χ0n) is 13.5. The van der Waals surface area contributed by atoms with Crippen LogP contribution in [0.1, 0.15) is 31.7 Å². The Hall–Kier alpha value is -1.60. The van der Waals surface area contributed by atoms with E-state index in [0.29, 0.717) is 0 Å². The van der Waals surface area contributed by atoms with Gasteiger partial charge in [-0.15, -0.1) is 0 Å². The molecule has 0 fully saturated rings. The first-order chi connectivity index (χ1) is 10.9. The van der Waals surface area contributed by atoms with E-state index in [1.807, 2.05) is 12.1 Å². The minimum absolute atomic E-state index is 0.779. The highest BCUT2D eigenvalue weighted by Crippen LogP contribution is 2.22. The van der Waals surface area contributed by atoms with Crippen LogP contribution >= 0.6 is 15.9 Å². The van der Waals surface area contributed by atoms with Crippen LogP contribution in [-0.4, -0.2) is 41.8 Å². The van der Waals surface area contributed by atoms with Crippen molar-refractivity contribution < 1.29 is 24.5 Å². The lowest BCUT2D eigenvalue weighted by molar-refractivity contribution is -0.159. The molecule has 0 heterocycles. The Bertz CT molecular complexity index is 481. The summed E-state index contributed by atoms with van der Waals surface area (Å²) in [6.07, 6.45) is 3.56. The molecule has 0 atom stereocenters. The van der Waals surface area contributed by atoms with Crippen LogP contribution in [0.3, 0.4) is 0 Å². The molecule has 0 saturated carbocycles. The van der Waals surface area contributed by atoms with Gasteiger partial charge in [-0.2, -0.15) is 0 Å². The number of benzene rings is 1. The van der Waals surface area contributed by atoms with E-state index in [-0.39, 0.29) is 0 Å². The van der Waals surface area contributed by atoms with Gasteiger partial charge in [-0.3, -0.25) is 0 Å². The second-order valence-electron chi connectivity index (χ2n) is 4.83. The third kappa shape index (κ3) is 11.6. The number of carboxylic acids is 2. The van der Waals surface area contributed by atoms with Crippen molar-refractivity contribution in [1.82, 2.24) is 5.32 Å². The Kier molecular flexibility index (Phi) is 12.0. The molecule has 0 saturated heterocycles. The van der Waals surface area contributed by atoms with Crippen LogP contribution < -0.4 is 10.1 Å². The van der Waals surface area contributed by atoms with Gasteiger partial charge in [0, 0.05) is 4.47 Å². The molecule has 130 valence electrons. The molecule has 1 aromatic carbocycles. The fraction of sp³-hybridized carbons (Fsp3) is 0.500. The largest absolute Gasteiger partial charge is 0.493 e. The number of carboxylic acid groups (broad SMARTS) is 2. The number of nitrogens with one attached hydrogen (secondary N) is 1. The predicted octanol–water partition coefficient (Wildman–Crippen LogP) is 3.07. The summed E-state index contributed by atoms with van der Waals surface area (Å²) in [5.41, 5.74) is 1.18. The molecule has 0 unspecified atom stereocenters. The lowest BCUT2D eigenvalue weighted by atomic mass is 10.2. The Balaban J connectivity index is 0.000000688. The standard InChI is InChI=1S/C14H22BrNO.C2H2O4/c1-3-4-8-16-9-5-10-17-14-7-6-13(15)11-12(14)2;3-1(4)2(5)6/h6-7,11,16H,3-5,8-10H2,1-2H3;(H,3,4)(H,5,6). The first kappa shape index (κ1) is 21.4. The van der Waals surface area contributed by atoms with Crippen molar-refractivity contribution in [3.8, 4) is 5.75 Å². The van der Waals surface area contributed by atoms with Crippen LogP contribution in [-0.2, 0) is 9.59 Å². The van der Waals surface area contributed by atoms with Crippen LogP contribution in [0.4, 0.5) is 0 Å². The number of halogens is 1. The topological polar surface area (TPSA) is 95.9 Å². The molecule has 23 heavy (non-hydrogen) atoms. The predicted molar refractivity (Wildman–Crippen MR) is 92.0 cm³/mol. The lowest BCUT2D eigenvalue weighted by Crippen LogP contribution is -2.18. The molecule has 0 bridgehead atoms. The Morgan fingerprint density at radius 2 is 1.78 bits per heavy atom. The van der Waals surface area contributed by atoms with Gasteiger partial charge in [0.1, 0.15) is 5.75 Å². The summed E-state index contributed by atoms with van der Waals surface area (Å²) in [7, 11) is 0. The highest BCUT2D eigenvalue weighted by atomic mass is 79.9. The fourth-order valence-electron chi connectivity index (χ4n) is 1.58. The zero-order chi connectivity index (χ0) is 17.7. The van der Waals surface area contributed by atoms with Crippen molar-refractivity contribution in [2.75, 3.05) is 19.7 Å². The molecule has 0 radical (unpaired) electrons. The minimum atomic E-state index is -1.82. The summed E-state index contributed by atoms with van der Waals surface area (Å²) in [6.45, 7) is 7.21. The number of rotatable bonds is 8. The van der Waals surface area contributed by atoms with E-state index in [1.54, 1.807) is 0 Å². The molecule has 1 rings (SSSR count). The van der Waals surface area contributed by atoms with E-state index in [0.717, 1.165) is 36.3 Å². The van der Waals surface area contributed by atoms with Crippen LogP contribution in [0.5, 0.6) is 5.75 Å². The van der Waals surface area contributed by atoms with Crippen molar-refractivity contribution in [2.45, 2.75) is 33.1 Å². The monoisotopic (exact) mass is 389 g/mol. The average molecular weight is 390 g/mol. The molecule has 6 nitrogen and oxygen atoms in total. The summed E-state index contributed by atoms with van der Waals surface area (Å²) < 4.78 is 6.84. The maximum absolute atomic E-state index is 9.10. The summed E-state index contributed by atoms with van der Waals surface area (Å²) in [4.78, 5) is 18.2. The Morgan fingerprint density at radius 1 is 1.17 bits per heavy atom. The van der Waals surface area contributed by atoms with E-state index in [2.05, 4.69) is 41.2 Å². The van der Waals surface area contributed by atoms with E-state index < -0.39 is 11.9 Å². The molecule has 0 spiro atoms. The molecule has 1 aromatic rings. The average Bonchev–Trinajstić information content (AvgIpc) is 2.48. The first-order valence-corrected chi connectivity index (χ1v) is 8.23. The highest BCUT2D eigenvalue weighted by Gasteiger charge is 2.04. The quantitative estimate of drug-likeness (QED) is 0.467. The molecule has 0 aliphatic rings. The van der Waals surface area contributed by atoms with Crippen molar-refractivity contribution >= 4 is 27.9 Å². The van der Waals surface area contributed by atoms with Crippen molar-refractivity contribution in [3.05, 3.63) is 28.2 Å². The summed E-state index contributed by atoms with van der Waals surface area (Å²) in [5.74, 6) is -2.66. The normalized spacial score (nSPS) is 9.70.